The second-order valence-corrected chi connectivity index (χ2v) is 10.6. The molecular weight excluding hydrogens is 410 g/mol. The van der Waals surface area contributed by atoms with Crippen LogP contribution in [0.5, 0.6) is 0 Å². The topological polar surface area (TPSA) is 99.9 Å². The highest BCUT2D eigenvalue weighted by atomic mass is 32.3. The molecule has 0 spiro atoms. The zero-order valence-corrected chi connectivity index (χ0v) is 17.2. The fraction of sp³-hybridized carbons (Fsp3) is 0.375. The maximum Gasteiger partial charge on any atom is 0.252 e. The van der Waals surface area contributed by atoms with Gasteiger partial charge in [0.05, 0.1) is 21.9 Å². The predicted molar refractivity (Wildman–Crippen MR) is 104 cm³/mol. The molecule has 8 nitrogen and oxygen atoms in total. The van der Waals surface area contributed by atoms with Crippen LogP contribution in [0, 0.1) is 0 Å². The van der Waals surface area contributed by atoms with Crippen LogP contribution < -0.4 is 10.2 Å². The molecule has 0 saturated heterocycles. The zero-order valence-electron chi connectivity index (χ0n) is 14.8. The van der Waals surface area contributed by atoms with Crippen molar-refractivity contribution in [2.75, 3.05) is 37.8 Å². The van der Waals surface area contributed by atoms with Gasteiger partial charge >= 0.3 is 0 Å². The normalized spacial score (nSPS) is 14.5. The van der Waals surface area contributed by atoms with Gasteiger partial charge in [-0.1, -0.05) is 0 Å². The minimum absolute atomic E-state index is 0.150. The van der Waals surface area contributed by atoms with Crippen molar-refractivity contribution in [3.05, 3.63) is 30.2 Å². The highest BCUT2D eigenvalue weighted by molar-refractivity contribution is 8.02. The SMILES string of the molecule is CN(C)S(=O)(=O)c1cc2c(s1)SCC(=O)N2CC(=O)NCCc1ccco1. The standard InChI is InChI=1S/C16H19N3O5S3/c1-18(2)27(22,23)15-8-12-16(26-15)25-10-14(21)19(12)9-13(20)17-6-5-11-4-3-7-24-11/h3-4,7-8H,5-6,9-10H2,1-2H3,(H,17,20). The van der Waals surface area contributed by atoms with Gasteiger partial charge < -0.3 is 14.6 Å². The van der Waals surface area contributed by atoms with Gasteiger partial charge in [-0.25, -0.2) is 12.7 Å². The number of sulfonamides is 1. The smallest absolute Gasteiger partial charge is 0.252 e. The summed E-state index contributed by atoms with van der Waals surface area (Å²) in [6.07, 6.45) is 2.12. The molecule has 3 rings (SSSR count). The van der Waals surface area contributed by atoms with Crippen LogP contribution in [0.2, 0.25) is 0 Å². The lowest BCUT2D eigenvalue weighted by atomic mass is 10.3. The zero-order chi connectivity index (χ0) is 19.6. The summed E-state index contributed by atoms with van der Waals surface area (Å²) in [5.74, 6) is 0.407. The Kier molecular flexibility index (Phi) is 5.94. The maximum atomic E-state index is 12.3. The van der Waals surface area contributed by atoms with Gasteiger partial charge in [-0.2, -0.15) is 0 Å². The van der Waals surface area contributed by atoms with E-state index < -0.39 is 10.0 Å². The van der Waals surface area contributed by atoms with E-state index in [-0.39, 0.29) is 28.3 Å². The number of fused-ring (bicyclic) bond motifs is 1. The number of amides is 2. The molecule has 0 aliphatic carbocycles. The molecule has 0 radical (unpaired) electrons. The van der Waals surface area contributed by atoms with Gasteiger partial charge in [0.15, 0.2) is 0 Å². The van der Waals surface area contributed by atoms with Crippen molar-refractivity contribution in [2.24, 2.45) is 0 Å². The Morgan fingerprint density at radius 3 is 2.85 bits per heavy atom. The van der Waals surface area contributed by atoms with Crippen LogP contribution in [-0.2, 0) is 26.0 Å². The molecule has 0 atom stereocenters. The Labute approximate surface area is 165 Å². The second kappa shape index (κ2) is 8.05. The predicted octanol–water partition coefficient (Wildman–Crippen LogP) is 1.39. The molecule has 2 amide bonds. The lowest BCUT2D eigenvalue weighted by Crippen LogP contribution is -2.43. The van der Waals surface area contributed by atoms with Crippen molar-refractivity contribution in [1.29, 1.82) is 0 Å². The first-order chi connectivity index (χ1) is 12.8. The number of hydrogen-bond acceptors (Lipinski definition) is 7. The van der Waals surface area contributed by atoms with Crippen molar-refractivity contribution in [3.63, 3.8) is 0 Å². The molecule has 1 aliphatic rings. The van der Waals surface area contributed by atoms with E-state index in [1.807, 2.05) is 6.07 Å². The molecular formula is C16H19N3O5S3. The molecule has 2 aromatic rings. The monoisotopic (exact) mass is 429 g/mol. The molecule has 0 unspecified atom stereocenters. The minimum atomic E-state index is -3.59. The quantitative estimate of drug-likeness (QED) is 0.714. The molecule has 27 heavy (non-hydrogen) atoms. The summed E-state index contributed by atoms with van der Waals surface area (Å²) in [6.45, 7) is 0.239. The van der Waals surface area contributed by atoms with Gasteiger partial charge in [-0.3, -0.25) is 9.59 Å². The van der Waals surface area contributed by atoms with Crippen LogP contribution in [0.3, 0.4) is 0 Å². The summed E-state index contributed by atoms with van der Waals surface area (Å²) in [5, 5.41) is 2.75. The van der Waals surface area contributed by atoms with Crippen LogP contribution in [-0.4, -0.2) is 57.5 Å². The van der Waals surface area contributed by atoms with E-state index in [1.54, 1.807) is 12.3 Å². The second-order valence-electron chi connectivity index (χ2n) is 5.97. The van der Waals surface area contributed by atoms with Gasteiger partial charge in [0.2, 0.25) is 11.8 Å². The number of nitrogens with one attached hydrogen (secondary N) is 1. The first-order valence-corrected chi connectivity index (χ1v) is 11.3. The molecule has 0 bridgehead atoms. The van der Waals surface area contributed by atoms with Crippen molar-refractivity contribution < 1.29 is 22.4 Å². The number of furan rings is 1. The molecule has 146 valence electrons. The number of rotatable bonds is 7. The third-order valence-electron chi connectivity index (χ3n) is 3.89. The number of nitrogens with zero attached hydrogens (tertiary/aromatic N) is 2. The number of anilines is 1. The lowest BCUT2D eigenvalue weighted by Gasteiger charge is -2.25. The maximum absolute atomic E-state index is 12.3. The molecule has 0 aromatic carbocycles. The molecule has 0 saturated carbocycles. The lowest BCUT2D eigenvalue weighted by molar-refractivity contribution is -0.122. The Morgan fingerprint density at radius 1 is 1.41 bits per heavy atom. The third-order valence-corrected chi connectivity index (χ3v) is 8.54. The molecule has 1 aliphatic heterocycles. The summed E-state index contributed by atoms with van der Waals surface area (Å²) in [4.78, 5) is 25.9. The van der Waals surface area contributed by atoms with E-state index in [9.17, 15) is 18.0 Å². The van der Waals surface area contributed by atoms with E-state index in [2.05, 4.69) is 5.32 Å². The first-order valence-electron chi connectivity index (χ1n) is 8.07. The Hall–Kier alpha value is -1.82. The highest BCUT2D eigenvalue weighted by Gasteiger charge is 2.32. The van der Waals surface area contributed by atoms with Crippen LogP contribution >= 0.6 is 23.1 Å². The van der Waals surface area contributed by atoms with Crippen LogP contribution in [0.15, 0.2) is 37.3 Å². The van der Waals surface area contributed by atoms with Gasteiger partial charge in [0.25, 0.3) is 10.0 Å². The summed E-state index contributed by atoms with van der Waals surface area (Å²) in [7, 11) is -0.680. The van der Waals surface area contributed by atoms with Gasteiger partial charge in [-0.15, -0.1) is 23.1 Å². The average molecular weight is 430 g/mol. The molecule has 11 heteroatoms. The molecule has 0 fully saturated rings. The third kappa shape index (κ3) is 4.37. The number of thiophene rings is 1. The van der Waals surface area contributed by atoms with Gasteiger partial charge in [-0.05, 0) is 18.2 Å². The molecule has 1 N–H and O–H groups in total. The number of hydrogen-bond donors (Lipinski definition) is 1. The van der Waals surface area contributed by atoms with Gasteiger partial charge in [0.1, 0.15) is 16.5 Å². The van der Waals surface area contributed by atoms with Gasteiger partial charge in [0, 0.05) is 27.1 Å². The van der Waals surface area contributed by atoms with Crippen molar-refractivity contribution in [1.82, 2.24) is 9.62 Å². The number of carbonyl (C=O) groups excluding carboxylic acids is 2. The molecule has 3 heterocycles. The van der Waals surface area contributed by atoms with E-state index in [0.29, 0.717) is 18.7 Å². The van der Waals surface area contributed by atoms with Crippen LogP contribution in [0.25, 0.3) is 0 Å². The summed E-state index contributed by atoms with van der Waals surface area (Å²) in [6, 6.07) is 5.07. The Bertz CT molecular complexity index is 935. The van der Waals surface area contributed by atoms with Crippen LogP contribution in [0.4, 0.5) is 5.69 Å². The van der Waals surface area contributed by atoms with E-state index in [1.165, 1.54) is 36.8 Å². The highest BCUT2D eigenvalue weighted by Crippen LogP contribution is 2.43. The number of thioether (sulfide) groups is 1. The van der Waals surface area contributed by atoms with E-state index in [4.69, 9.17) is 4.42 Å². The first kappa shape index (κ1) is 19.9. The summed E-state index contributed by atoms with van der Waals surface area (Å²) < 4.78 is 31.9. The number of carbonyl (C=O) groups is 2. The Balaban J connectivity index is 1.70. The minimum Gasteiger partial charge on any atom is -0.469 e. The van der Waals surface area contributed by atoms with Crippen molar-refractivity contribution in [2.45, 2.75) is 14.8 Å². The largest absolute Gasteiger partial charge is 0.469 e. The van der Waals surface area contributed by atoms with Crippen LogP contribution in [0.1, 0.15) is 5.76 Å². The van der Waals surface area contributed by atoms with Crippen molar-refractivity contribution in [3.8, 4) is 0 Å². The Morgan fingerprint density at radius 2 is 2.19 bits per heavy atom. The average Bonchev–Trinajstić information content (AvgIpc) is 3.27. The van der Waals surface area contributed by atoms with Crippen molar-refractivity contribution >= 4 is 50.6 Å². The van der Waals surface area contributed by atoms with E-state index >= 15 is 0 Å². The fourth-order valence-electron chi connectivity index (χ4n) is 2.43. The summed E-state index contributed by atoms with van der Waals surface area (Å²) in [5.41, 5.74) is 0.475. The van der Waals surface area contributed by atoms with E-state index in [0.717, 1.165) is 25.6 Å². The summed E-state index contributed by atoms with van der Waals surface area (Å²) >= 11 is 2.41. The fourth-order valence-corrected chi connectivity index (χ4v) is 6.37. The molecule has 2 aromatic heterocycles.